The summed E-state index contributed by atoms with van der Waals surface area (Å²) in [6.07, 6.45) is 1.48. The fourth-order valence-corrected chi connectivity index (χ4v) is 2.25. The van der Waals surface area contributed by atoms with Gasteiger partial charge in [0.05, 0.1) is 13.0 Å². The van der Waals surface area contributed by atoms with Crippen molar-refractivity contribution in [2.45, 2.75) is 12.8 Å². The van der Waals surface area contributed by atoms with Crippen LogP contribution in [-0.2, 0) is 9.53 Å². The SMILES string of the molecule is CNC(=O)c1ccc(N2CCC(C(=O)OC)CC2)nn1. The minimum Gasteiger partial charge on any atom is -0.469 e. The second-order valence-electron chi connectivity index (χ2n) is 4.64. The number of anilines is 1. The number of rotatable bonds is 3. The first-order valence-electron chi connectivity index (χ1n) is 6.54. The van der Waals surface area contributed by atoms with Crippen molar-refractivity contribution in [3.05, 3.63) is 17.8 Å². The molecule has 0 spiro atoms. The second-order valence-corrected chi connectivity index (χ2v) is 4.64. The van der Waals surface area contributed by atoms with Crippen LogP contribution in [0.4, 0.5) is 5.82 Å². The van der Waals surface area contributed by atoms with E-state index in [-0.39, 0.29) is 17.8 Å². The quantitative estimate of drug-likeness (QED) is 0.797. The average molecular weight is 278 g/mol. The highest BCUT2D eigenvalue weighted by atomic mass is 16.5. The Morgan fingerprint density at radius 2 is 2.00 bits per heavy atom. The zero-order valence-corrected chi connectivity index (χ0v) is 11.6. The zero-order valence-electron chi connectivity index (χ0n) is 11.6. The van der Waals surface area contributed by atoms with Gasteiger partial charge >= 0.3 is 5.97 Å². The molecule has 7 nitrogen and oxygen atoms in total. The first-order valence-corrected chi connectivity index (χ1v) is 6.54. The van der Waals surface area contributed by atoms with E-state index in [9.17, 15) is 9.59 Å². The molecule has 0 bridgehead atoms. The molecule has 20 heavy (non-hydrogen) atoms. The van der Waals surface area contributed by atoms with Gasteiger partial charge in [0.2, 0.25) is 0 Å². The molecule has 1 aromatic heterocycles. The molecule has 1 saturated heterocycles. The van der Waals surface area contributed by atoms with Crippen molar-refractivity contribution in [1.82, 2.24) is 15.5 Å². The van der Waals surface area contributed by atoms with E-state index >= 15 is 0 Å². The van der Waals surface area contributed by atoms with Crippen molar-refractivity contribution in [2.75, 3.05) is 32.1 Å². The number of methoxy groups -OCH3 is 1. The molecule has 2 heterocycles. The summed E-state index contributed by atoms with van der Waals surface area (Å²) in [4.78, 5) is 24.9. The number of aromatic nitrogens is 2. The monoisotopic (exact) mass is 278 g/mol. The minimum atomic E-state index is -0.256. The number of nitrogens with one attached hydrogen (secondary N) is 1. The third-order valence-electron chi connectivity index (χ3n) is 3.46. The molecule has 0 radical (unpaired) electrons. The maximum Gasteiger partial charge on any atom is 0.308 e. The Balaban J connectivity index is 1.97. The van der Waals surface area contributed by atoms with E-state index in [2.05, 4.69) is 20.4 Å². The standard InChI is InChI=1S/C13H18N4O3/c1-14-12(18)10-3-4-11(16-15-10)17-7-5-9(6-8-17)13(19)20-2/h3-4,9H,5-8H2,1-2H3,(H,14,18). The summed E-state index contributed by atoms with van der Waals surface area (Å²) in [7, 11) is 2.97. The van der Waals surface area contributed by atoms with Crippen LogP contribution in [0.25, 0.3) is 0 Å². The highest BCUT2D eigenvalue weighted by Crippen LogP contribution is 2.22. The van der Waals surface area contributed by atoms with Gasteiger partial charge in [0.15, 0.2) is 11.5 Å². The van der Waals surface area contributed by atoms with Gasteiger partial charge in [-0.3, -0.25) is 9.59 Å². The first kappa shape index (κ1) is 14.2. The lowest BCUT2D eigenvalue weighted by Crippen LogP contribution is -2.37. The van der Waals surface area contributed by atoms with Crippen LogP contribution in [0, 0.1) is 5.92 Å². The first-order chi connectivity index (χ1) is 9.65. The summed E-state index contributed by atoms with van der Waals surface area (Å²) >= 11 is 0. The molecule has 0 aliphatic carbocycles. The van der Waals surface area contributed by atoms with E-state index in [1.54, 1.807) is 19.2 Å². The van der Waals surface area contributed by atoms with Gasteiger partial charge in [-0.1, -0.05) is 0 Å². The van der Waals surface area contributed by atoms with Crippen LogP contribution < -0.4 is 10.2 Å². The van der Waals surface area contributed by atoms with Crippen LogP contribution in [0.2, 0.25) is 0 Å². The summed E-state index contributed by atoms with van der Waals surface area (Å²) in [5, 5.41) is 10.5. The summed E-state index contributed by atoms with van der Waals surface area (Å²) in [6.45, 7) is 1.46. The second kappa shape index (κ2) is 6.31. The van der Waals surface area contributed by atoms with Crippen molar-refractivity contribution in [2.24, 2.45) is 5.92 Å². The normalized spacial score (nSPS) is 15.8. The predicted molar refractivity (Wildman–Crippen MR) is 72.4 cm³/mol. The molecular weight excluding hydrogens is 260 g/mol. The van der Waals surface area contributed by atoms with E-state index in [1.165, 1.54) is 7.11 Å². The van der Waals surface area contributed by atoms with Crippen molar-refractivity contribution >= 4 is 17.7 Å². The number of hydrogen-bond acceptors (Lipinski definition) is 6. The number of carbonyl (C=O) groups excluding carboxylic acids is 2. The molecule has 1 fully saturated rings. The van der Waals surface area contributed by atoms with Crippen molar-refractivity contribution in [3.63, 3.8) is 0 Å². The fourth-order valence-electron chi connectivity index (χ4n) is 2.25. The number of amides is 1. The number of nitrogens with zero attached hydrogens (tertiary/aromatic N) is 3. The molecule has 1 N–H and O–H groups in total. The van der Waals surface area contributed by atoms with Crippen LogP contribution in [0.15, 0.2) is 12.1 Å². The lowest BCUT2D eigenvalue weighted by molar-refractivity contribution is -0.146. The summed E-state index contributed by atoms with van der Waals surface area (Å²) in [5.41, 5.74) is 0.292. The molecule has 1 amide bonds. The van der Waals surface area contributed by atoms with Gasteiger partial charge in [-0.25, -0.2) is 0 Å². The van der Waals surface area contributed by atoms with E-state index in [0.717, 1.165) is 31.7 Å². The van der Waals surface area contributed by atoms with Gasteiger partial charge < -0.3 is 15.0 Å². The molecule has 1 aliphatic rings. The van der Waals surface area contributed by atoms with Gasteiger partial charge in [0.25, 0.3) is 5.91 Å². The minimum absolute atomic E-state index is 0.0330. The zero-order chi connectivity index (χ0) is 14.5. The molecule has 2 rings (SSSR count). The Hall–Kier alpha value is -2.18. The number of carbonyl (C=O) groups is 2. The molecule has 0 atom stereocenters. The van der Waals surface area contributed by atoms with Crippen LogP contribution >= 0.6 is 0 Å². The Morgan fingerprint density at radius 1 is 1.30 bits per heavy atom. The molecule has 7 heteroatoms. The summed E-state index contributed by atoms with van der Waals surface area (Å²) in [5.74, 6) is 0.287. The van der Waals surface area contributed by atoms with Gasteiger partial charge in [-0.05, 0) is 25.0 Å². The molecule has 0 saturated carbocycles. The van der Waals surface area contributed by atoms with Crippen LogP contribution in [0.3, 0.4) is 0 Å². The highest BCUT2D eigenvalue weighted by molar-refractivity contribution is 5.91. The molecule has 108 valence electrons. The van der Waals surface area contributed by atoms with Gasteiger partial charge in [0, 0.05) is 20.1 Å². The lowest BCUT2D eigenvalue weighted by Gasteiger charge is -2.31. The van der Waals surface area contributed by atoms with E-state index in [0.29, 0.717) is 5.69 Å². The topological polar surface area (TPSA) is 84.4 Å². The predicted octanol–water partition coefficient (Wildman–Crippen LogP) is 0.226. The number of piperidine rings is 1. The average Bonchev–Trinajstić information content (AvgIpc) is 2.53. The maximum absolute atomic E-state index is 11.4. The van der Waals surface area contributed by atoms with Gasteiger partial charge in [0.1, 0.15) is 0 Å². The Kier molecular flexibility index (Phi) is 4.49. The molecule has 0 aromatic carbocycles. The van der Waals surface area contributed by atoms with Gasteiger partial charge in [-0.15, -0.1) is 10.2 Å². The third kappa shape index (κ3) is 3.04. The van der Waals surface area contributed by atoms with Crippen LogP contribution in [0.1, 0.15) is 23.3 Å². The molecule has 0 unspecified atom stereocenters. The van der Waals surface area contributed by atoms with E-state index in [4.69, 9.17) is 4.74 Å². The molecule has 1 aromatic rings. The van der Waals surface area contributed by atoms with Crippen molar-refractivity contribution in [3.8, 4) is 0 Å². The summed E-state index contributed by atoms with van der Waals surface area (Å²) < 4.78 is 4.76. The Bertz CT molecular complexity index is 481. The largest absolute Gasteiger partial charge is 0.469 e. The van der Waals surface area contributed by atoms with Crippen LogP contribution in [0.5, 0.6) is 0 Å². The third-order valence-corrected chi connectivity index (χ3v) is 3.46. The van der Waals surface area contributed by atoms with Crippen molar-refractivity contribution in [1.29, 1.82) is 0 Å². The Morgan fingerprint density at radius 3 is 2.50 bits per heavy atom. The molecule has 1 aliphatic heterocycles. The van der Waals surface area contributed by atoms with Crippen LogP contribution in [-0.4, -0.2) is 49.3 Å². The lowest BCUT2D eigenvalue weighted by atomic mass is 9.97. The fraction of sp³-hybridized carbons (Fsp3) is 0.538. The summed E-state index contributed by atoms with van der Waals surface area (Å²) in [6, 6.07) is 3.42. The smallest absolute Gasteiger partial charge is 0.308 e. The van der Waals surface area contributed by atoms with E-state index in [1.807, 2.05) is 0 Å². The number of hydrogen-bond donors (Lipinski definition) is 1. The van der Waals surface area contributed by atoms with Gasteiger partial charge in [-0.2, -0.15) is 0 Å². The highest BCUT2D eigenvalue weighted by Gasteiger charge is 2.26. The Labute approximate surface area is 117 Å². The van der Waals surface area contributed by atoms with Crippen molar-refractivity contribution < 1.29 is 14.3 Å². The number of ether oxygens (including phenoxy) is 1. The molecular formula is C13H18N4O3. The number of esters is 1. The maximum atomic E-state index is 11.4. The van der Waals surface area contributed by atoms with E-state index < -0.39 is 0 Å².